The van der Waals surface area contributed by atoms with Crippen LogP contribution in [0.5, 0.6) is 0 Å². The maximum Gasteiger partial charge on any atom is 0.0568 e. The smallest absolute Gasteiger partial charge is 0.0568 e. The van der Waals surface area contributed by atoms with Crippen LogP contribution in [-0.4, -0.2) is 30.0 Å². The summed E-state index contributed by atoms with van der Waals surface area (Å²) >= 11 is 0. The van der Waals surface area contributed by atoms with Gasteiger partial charge in [-0.3, -0.25) is 0 Å². The van der Waals surface area contributed by atoms with E-state index in [1.165, 1.54) is 0 Å². The molecule has 0 heterocycles. The molecular weight excluding hydrogens is 154 g/mol. The number of rotatable bonds is 6. The number of ether oxygens (including phenoxy) is 1. The molecule has 0 aromatic heterocycles. The third-order valence-corrected chi connectivity index (χ3v) is 1.68. The van der Waals surface area contributed by atoms with E-state index >= 15 is 0 Å². The highest BCUT2D eigenvalue weighted by Crippen LogP contribution is 2.05. The van der Waals surface area contributed by atoms with Crippen molar-refractivity contribution in [1.82, 2.24) is 0 Å². The highest BCUT2D eigenvalue weighted by Gasteiger charge is 2.10. The molecule has 0 radical (unpaired) electrons. The van der Waals surface area contributed by atoms with E-state index < -0.39 is 0 Å². The standard InChI is InChI=1S/C9H21NO2/c1-8(4-6-11)12-7-5-9(2,3)10/h8,11H,4-7,10H2,1-3H3. The van der Waals surface area contributed by atoms with Crippen LogP contribution >= 0.6 is 0 Å². The fourth-order valence-corrected chi connectivity index (χ4v) is 0.788. The zero-order valence-corrected chi connectivity index (χ0v) is 8.34. The third kappa shape index (κ3) is 7.98. The third-order valence-electron chi connectivity index (χ3n) is 1.68. The Labute approximate surface area is 74.9 Å². The number of aliphatic hydroxyl groups is 1. The Balaban J connectivity index is 3.31. The first-order chi connectivity index (χ1) is 5.45. The average molecular weight is 175 g/mol. The maximum absolute atomic E-state index is 8.59. The maximum atomic E-state index is 8.59. The molecular formula is C9H21NO2. The fraction of sp³-hybridized carbons (Fsp3) is 1.00. The molecule has 0 saturated carbocycles. The van der Waals surface area contributed by atoms with Crippen molar-refractivity contribution in [3.8, 4) is 0 Å². The summed E-state index contributed by atoms with van der Waals surface area (Å²) < 4.78 is 5.42. The second kappa shape index (κ2) is 5.51. The van der Waals surface area contributed by atoms with Crippen molar-refractivity contribution in [2.45, 2.75) is 45.3 Å². The van der Waals surface area contributed by atoms with Crippen molar-refractivity contribution < 1.29 is 9.84 Å². The lowest BCUT2D eigenvalue weighted by atomic mass is 10.0. The molecule has 74 valence electrons. The van der Waals surface area contributed by atoms with Crippen molar-refractivity contribution >= 4 is 0 Å². The van der Waals surface area contributed by atoms with Gasteiger partial charge in [0.25, 0.3) is 0 Å². The molecule has 0 fully saturated rings. The van der Waals surface area contributed by atoms with E-state index in [9.17, 15) is 0 Å². The Kier molecular flexibility index (Phi) is 5.46. The minimum Gasteiger partial charge on any atom is -0.396 e. The second-order valence-corrected chi connectivity index (χ2v) is 3.93. The molecule has 0 saturated heterocycles. The average Bonchev–Trinajstić information content (AvgIpc) is 1.84. The molecule has 12 heavy (non-hydrogen) atoms. The molecule has 0 aromatic carbocycles. The van der Waals surface area contributed by atoms with Gasteiger partial charge in [0.1, 0.15) is 0 Å². The van der Waals surface area contributed by atoms with E-state index in [-0.39, 0.29) is 18.2 Å². The van der Waals surface area contributed by atoms with Gasteiger partial charge in [-0.15, -0.1) is 0 Å². The minimum atomic E-state index is -0.154. The summed E-state index contributed by atoms with van der Waals surface area (Å²) in [7, 11) is 0. The molecule has 0 spiro atoms. The van der Waals surface area contributed by atoms with Crippen molar-refractivity contribution in [1.29, 1.82) is 0 Å². The van der Waals surface area contributed by atoms with Gasteiger partial charge in [-0.05, 0) is 33.6 Å². The van der Waals surface area contributed by atoms with Crippen LogP contribution in [0.15, 0.2) is 0 Å². The van der Waals surface area contributed by atoms with Crippen LogP contribution in [-0.2, 0) is 4.74 Å². The predicted molar refractivity (Wildman–Crippen MR) is 50.0 cm³/mol. The predicted octanol–water partition coefficient (Wildman–Crippen LogP) is 0.901. The number of aliphatic hydroxyl groups excluding tert-OH is 1. The summed E-state index contributed by atoms with van der Waals surface area (Å²) in [6.07, 6.45) is 1.69. The molecule has 0 aliphatic rings. The lowest BCUT2D eigenvalue weighted by molar-refractivity contribution is 0.0398. The molecule has 0 bridgehead atoms. The van der Waals surface area contributed by atoms with Crippen molar-refractivity contribution in [3.05, 3.63) is 0 Å². The van der Waals surface area contributed by atoms with Gasteiger partial charge in [-0.1, -0.05) is 0 Å². The van der Waals surface area contributed by atoms with Gasteiger partial charge >= 0.3 is 0 Å². The fourth-order valence-electron chi connectivity index (χ4n) is 0.788. The molecule has 3 N–H and O–H groups in total. The first-order valence-corrected chi connectivity index (χ1v) is 4.47. The van der Waals surface area contributed by atoms with Crippen LogP contribution in [0.25, 0.3) is 0 Å². The summed E-state index contributed by atoms with van der Waals surface area (Å²) in [4.78, 5) is 0. The van der Waals surface area contributed by atoms with Gasteiger partial charge in [0.15, 0.2) is 0 Å². The largest absolute Gasteiger partial charge is 0.396 e. The molecule has 1 atom stereocenters. The SMILES string of the molecule is CC(CCO)OCCC(C)(C)N. The van der Waals surface area contributed by atoms with Gasteiger partial charge in [-0.2, -0.15) is 0 Å². The zero-order chi connectivity index (χ0) is 9.61. The lowest BCUT2D eigenvalue weighted by Crippen LogP contribution is -2.33. The first kappa shape index (κ1) is 11.9. The molecule has 3 heteroatoms. The Morgan fingerprint density at radius 2 is 2.08 bits per heavy atom. The topological polar surface area (TPSA) is 55.5 Å². The minimum absolute atomic E-state index is 0.136. The summed E-state index contributed by atoms with van der Waals surface area (Å²) in [6.45, 7) is 6.78. The zero-order valence-electron chi connectivity index (χ0n) is 8.34. The monoisotopic (exact) mass is 175 g/mol. The van der Waals surface area contributed by atoms with Crippen molar-refractivity contribution in [3.63, 3.8) is 0 Å². The number of hydrogen-bond donors (Lipinski definition) is 2. The lowest BCUT2D eigenvalue weighted by Gasteiger charge is -2.19. The van der Waals surface area contributed by atoms with Crippen LogP contribution < -0.4 is 5.73 Å². The normalized spacial score (nSPS) is 14.8. The Bertz CT molecular complexity index is 110. The van der Waals surface area contributed by atoms with Crippen LogP contribution in [0.3, 0.4) is 0 Å². The molecule has 1 unspecified atom stereocenters. The number of nitrogens with two attached hydrogens (primary N) is 1. The van der Waals surface area contributed by atoms with E-state index in [0.717, 1.165) is 6.42 Å². The molecule has 0 aromatic rings. The van der Waals surface area contributed by atoms with E-state index in [1.54, 1.807) is 0 Å². The van der Waals surface area contributed by atoms with Crippen molar-refractivity contribution in [2.24, 2.45) is 5.73 Å². The van der Waals surface area contributed by atoms with Crippen LogP contribution in [0.2, 0.25) is 0 Å². The van der Waals surface area contributed by atoms with Crippen molar-refractivity contribution in [2.75, 3.05) is 13.2 Å². The van der Waals surface area contributed by atoms with Crippen LogP contribution in [0, 0.1) is 0 Å². The molecule has 0 rings (SSSR count). The van der Waals surface area contributed by atoms with Crippen LogP contribution in [0.1, 0.15) is 33.6 Å². The second-order valence-electron chi connectivity index (χ2n) is 3.93. The summed E-state index contributed by atoms with van der Waals surface area (Å²) in [6, 6.07) is 0. The molecule has 3 nitrogen and oxygen atoms in total. The van der Waals surface area contributed by atoms with Gasteiger partial charge in [0.05, 0.1) is 6.10 Å². The Morgan fingerprint density at radius 3 is 2.50 bits per heavy atom. The molecule has 0 aliphatic carbocycles. The van der Waals surface area contributed by atoms with E-state index in [2.05, 4.69) is 0 Å². The Hall–Kier alpha value is -0.120. The van der Waals surface area contributed by atoms with Gasteiger partial charge in [-0.25, -0.2) is 0 Å². The first-order valence-electron chi connectivity index (χ1n) is 4.47. The summed E-state index contributed by atoms with van der Waals surface area (Å²) in [5.41, 5.74) is 5.61. The highest BCUT2D eigenvalue weighted by molar-refractivity contribution is 4.70. The van der Waals surface area contributed by atoms with Crippen LogP contribution in [0.4, 0.5) is 0 Å². The highest BCUT2D eigenvalue weighted by atomic mass is 16.5. The molecule has 0 aliphatic heterocycles. The summed E-state index contributed by atoms with van der Waals surface area (Å²) in [5, 5.41) is 8.59. The van der Waals surface area contributed by atoms with Gasteiger partial charge in [0.2, 0.25) is 0 Å². The van der Waals surface area contributed by atoms with E-state index in [1.807, 2.05) is 20.8 Å². The number of hydrogen-bond acceptors (Lipinski definition) is 3. The Morgan fingerprint density at radius 1 is 1.50 bits per heavy atom. The van der Waals surface area contributed by atoms with E-state index in [0.29, 0.717) is 13.0 Å². The van der Waals surface area contributed by atoms with Gasteiger partial charge in [0, 0.05) is 18.8 Å². The quantitative estimate of drug-likeness (QED) is 0.630. The van der Waals surface area contributed by atoms with E-state index in [4.69, 9.17) is 15.6 Å². The van der Waals surface area contributed by atoms with Gasteiger partial charge < -0.3 is 15.6 Å². The summed E-state index contributed by atoms with van der Waals surface area (Å²) in [5.74, 6) is 0. The molecule has 0 amide bonds.